The molecule has 1 heterocycles. The summed E-state index contributed by atoms with van der Waals surface area (Å²) in [7, 11) is 3.51. The highest BCUT2D eigenvalue weighted by atomic mass is 127. The predicted molar refractivity (Wildman–Crippen MR) is 110 cm³/mol. The lowest BCUT2D eigenvalue weighted by Gasteiger charge is -2.23. The Kier molecular flexibility index (Phi) is 8.66. The van der Waals surface area contributed by atoms with Crippen LogP contribution < -0.4 is 14.8 Å². The molecule has 24 heavy (non-hydrogen) atoms. The number of nitrogens with zero attached hydrogens (tertiary/aromatic N) is 2. The number of nitrogens with one attached hydrogen (secondary N) is 1. The highest BCUT2D eigenvalue weighted by Crippen LogP contribution is 2.28. The van der Waals surface area contributed by atoms with Gasteiger partial charge in [-0.15, -0.1) is 24.0 Å². The molecular formula is C18H30IN3O2. The van der Waals surface area contributed by atoms with Crippen molar-refractivity contribution in [3.8, 4) is 11.5 Å². The van der Waals surface area contributed by atoms with Crippen molar-refractivity contribution in [2.75, 3.05) is 40.4 Å². The zero-order chi connectivity index (χ0) is 16.7. The van der Waals surface area contributed by atoms with E-state index in [0.29, 0.717) is 12.0 Å². The summed E-state index contributed by atoms with van der Waals surface area (Å²) in [6.45, 7) is 8.30. The maximum absolute atomic E-state index is 5.73. The third kappa shape index (κ3) is 6.37. The van der Waals surface area contributed by atoms with Gasteiger partial charge in [0, 0.05) is 26.7 Å². The Morgan fingerprint density at radius 3 is 2.46 bits per heavy atom. The fraction of sp³-hybridized carbons (Fsp3) is 0.611. The molecular weight excluding hydrogens is 417 g/mol. The Bertz CT molecular complexity index is 518. The van der Waals surface area contributed by atoms with Gasteiger partial charge in [0.2, 0.25) is 0 Å². The molecule has 0 amide bonds. The van der Waals surface area contributed by atoms with Crippen LogP contribution >= 0.6 is 24.0 Å². The Balaban J connectivity index is 0.00000288. The Morgan fingerprint density at radius 1 is 1.25 bits per heavy atom. The molecule has 1 N–H and O–H groups in total. The average molecular weight is 447 g/mol. The van der Waals surface area contributed by atoms with Crippen LogP contribution in [0.25, 0.3) is 0 Å². The van der Waals surface area contributed by atoms with Gasteiger partial charge in [0.15, 0.2) is 5.96 Å². The van der Waals surface area contributed by atoms with Gasteiger partial charge < -0.3 is 19.7 Å². The zero-order valence-electron chi connectivity index (χ0n) is 15.2. The van der Waals surface area contributed by atoms with Crippen LogP contribution in [0.4, 0.5) is 0 Å². The third-order valence-electron chi connectivity index (χ3n) is 4.12. The van der Waals surface area contributed by atoms with Gasteiger partial charge in [-0.2, -0.15) is 0 Å². The molecule has 0 radical (unpaired) electrons. The molecule has 1 aromatic rings. The molecule has 0 aromatic heterocycles. The molecule has 5 nitrogen and oxygen atoms in total. The van der Waals surface area contributed by atoms with Gasteiger partial charge in [-0.3, -0.25) is 4.99 Å². The van der Waals surface area contributed by atoms with Gasteiger partial charge in [0.25, 0.3) is 0 Å². The number of rotatable bonds is 6. The first-order chi connectivity index (χ1) is 11.0. The van der Waals surface area contributed by atoms with Crippen molar-refractivity contribution in [2.45, 2.75) is 26.7 Å². The molecule has 1 saturated heterocycles. The summed E-state index contributed by atoms with van der Waals surface area (Å²) in [6, 6.07) is 7.67. The van der Waals surface area contributed by atoms with E-state index in [9.17, 15) is 0 Å². The molecule has 2 rings (SSSR count). The number of likely N-dealkylation sites (tertiary alicyclic amines) is 1. The van der Waals surface area contributed by atoms with Gasteiger partial charge in [0.1, 0.15) is 11.5 Å². The van der Waals surface area contributed by atoms with E-state index in [0.717, 1.165) is 43.5 Å². The van der Waals surface area contributed by atoms with Crippen LogP contribution in [-0.2, 0) is 0 Å². The van der Waals surface area contributed by atoms with Crippen molar-refractivity contribution in [3.05, 3.63) is 24.3 Å². The van der Waals surface area contributed by atoms with E-state index in [1.54, 1.807) is 7.11 Å². The quantitative estimate of drug-likeness (QED) is 0.314. The normalized spacial score (nSPS) is 16.5. The van der Waals surface area contributed by atoms with Crippen molar-refractivity contribution in [1.82, 2.24) is 10.2 Å². The maximum atomic E-state index is 5.73. The van der Waals surface area contributed by atoms with E-state index >= 15 is 0 Å². The molecule has 0 unspecified atom stereocenters. The molecule has 136 valence electrons. The highest BCUT2D eigenvalue weighted by Gasteiger charge is 2.30. The van der Waals surface area contributed by atoms with Gasteiger partial charge in [-0.1, -0.05) is 13.8 Å². The van der Waals surface area contributed by atoms with Crippen LogP contribution in [0.3, 0.4) is 0 Å². The van der Waals surface area contributed by atoms with Gasteiger partial charge in [-0.05, 0) is 42.5 Å². The zero-order valence-corrected chi connectivity index (χ0v) is 17.5. The number of aliphatic imine (C=N–C) groups is 1. The van der Waals surface area contributed by atoms with Crippen molar-refractivity contribution in [2.24, 2.45) is 10.4 Å². The first-order valence-electron chi connectivity index (χ1n) is 8.26. The summed E-state index contributed by atoms with van der Waals surface area (Å²) in [5, 5.41) is 3.43. The molecule has 1 aliphatic rings. The first kappa shape index (κ1) is 20.9. The van der Waals surface area contributed by atoms with E-state index in [1.807, 2.05) is 31.3 Å². The lowest BCUT2D eigenvalue weighted by molar-refractivity contribution is 0.309. The van der Waals surface area contributed by atoms with Crippen LogP contribution in [-0.4, -0.2) is 51.3 Å². The fourth-order valence-electron chi connectivity index (χ4n) is 2.76. The largest absolute Gasteiger partial charge is 0.497 e. The van der Waals surface area contributed by atoms with Crippen LogP contribution in [0.1, 0.15) is 26.7 Å². The summed E-state index contributed by atoms with van der Waals surface area (Å²) in [5.74, 6) is 2.72. The highest BCUT2D eigenvalue weighted by molar-refractivity contribution is 14.0. The Morgan fingerprint density at radius 2 is 1.92 bits per heavy atom. The summed E-state index contributed by atoms with van der Waals surface area (Å²) in [6.07, 6.45) is 2.15. The number of ether oxygens (including phenoxy) is 2. The van der Waals surface area contributed by atoms with Crippen molar-refractivity contribution in [1.29, 1.82) is 0 Å². The summed E-state index contributed by atoms with van der Waals surface area (Å²) < 4.78 is 10.9. The molecule has 1 aliphatic heterocycles. The van der Waals surface area contributed by atoms with Crippen LogP contribution in [0.5, 0.6) is 11.5 Å². The monoisotopic (exact) mass is 447 g/mol. The maximum Gasteiger partial charge on any atom is 0.193 e. The van der Waals surface area contributed by atoms with E-state index < -0.39 is 0 Å². The van der Waals surface area contributed by atoms with Gasteiger partial charge in [-0.25, -0.2) is 0 Å². The summed E-state index contributed by atoms with van der Waals surface area (Å²) in [4.78, 5) is 6.72. The van der Waals surface area contributed by atoms with E-state index in [4.69, 9.17) is 9.47 Å². The lowest BCUT2D eigenvalue weighted by Crippen LogP contribution is -2.41. The standard InChI is InChI=1S/C18H29N3O2.HI/c1-18(2)10-12-21(14-18)17(19-3)20-11-5-13-23-16-8-6-15(22-4)7-9-16;/h6-9H,5,10-14H2,1-4H3,(H,19,20);1H. The van der Waals surface area contributed by atoms with Crippen molar-refractivity contribution < 1.29 is 9.47 Å². The van der Waals surface area contributed by atoms with E-state index in [2.05, 4.69) is 29.1 Å². The third-order valence-corrected chi connectivity index (χ3v) is 4.12. The summed E-state index contributed by atoms with van der Waals surface area (Å²) >= 11 is 0. The van der Waals surface area contributed by atoms with Crippen LogP contribution in [0, 0.1) is 5.41 Å². The second-order valence-corrected chi connectivity index (χ2v) is 6.69. The van der Waals surface area contributed by atoms with Crippen LogP contribution in [0.2, 0.25) is 0 Å². The Labute approximate surface area is 162 Å². The number of guanidine groups is 1. The minimum absolute atomic E-state index is 0. The minimum Gasteiger partial charge on any atom is -0.497 e. The number of hydrogen-bond acceptors (Lipinski definition) is 3. The predicted octanol–water partition coefficient (Wildman–Crippen LogP) is 3.39. The second-order valence-electron chi connectivity index (χ2n) is 6.69. The fourth-order valence-corrected chi connectivity index (χ4v) is 2.76. The lowest BCUT2D eigenvalue weighted by atomic mass is 9.93. The molecule has 6 heteroatoms. The smallest absolute Gasteiger partial charge is 0.193 e. The average Bonchev–Trinajstić information content (AvgIpc) is 2.91. The number of hydrogen-bond donors (Lipinski definition) is 1. The Hall–Kier alpha value is -1.18. The first-order valence-corrected chi connectivity index (χ1v) is 8.26. The molecule has 0 bridgehead atoms. The SMILES string of the molecule is CN=C(NCCCOc1ccc(OC)cc1)N1CCC(C)(C)C1.I. The molecule has 1 fully saturated rings. The molecule has 0 spiro atoms. The molecule has 0 aliphatic carbocycles. The van der Waals surface area contributed by atoms with Crippen LogP contribution in [0.15, 0.2) is 29.3 Å². The van der Waals surface area contributed by atoms with Gasteiger partial charge >= 0.3 is 0 Å². The summed E-state index contributed by atoms with van der Waals surface area (Å²) in [5.41, 5.74) is 0.384. The van der Waals surface area contributed by atoms with E-state index in [-0.39, 0.29) is 24.0 Å². The molecule has 0 atom stereocenters. The number of halogens is 1. The number of methoxy groups -OCH3 is 1. The number of benzene rings is 1. The topological polar surface area (TPSA) is 46.1 Å². The van der Waals surface area contributed by atoms with E-state index in [1.165, 1.54) is 6.42 Å². The van der Waals surface area contributed by atoms with Crippen molar-refractivity contribution in [3.63, 3.8) is 0 Å². The van der Waals surface area contributed by atoms with Crippen molar-refractivity contribution >= 4 is 29.9 Å². The minimum atomic E-state index is 0. The second kappa shape index (κ2) is 9.96. The van der Waals surface area contributed by atoms with Gasteiger partial charge in [0.05, 0.1) is 13.7 Å². The molecule has 1 aromatic carbocycles. The molecule has 0 saturated carbocycles.